The van der Waals surface area contributed by atoms with E-state index in [0.717, 1.165) is 37.0 Å². The number of ether oxygens (including phenoxy) is 1. The van der Waals surface area contributed by atoms with Crippen LogP contribution in [0.15, 0.2) is 18.2 Å². The summed E-state index contributed by atoms with van der Waals surface area (Å²) in [5.74, 6) is 1.51. The van der Waals surface area contributed by atoms with Gasteiger partial charge in [0.1, 0.15) is 5.75 Å². The molecule has 102 valence electrons. The highest BCUT2D eigenvalue weighted by molar-refractivity contribution is 5.38. The fourth-order valence-corrected chi connectivity index (χ4v) is 2.14. The molecule has 0 saturated carbocycles. The lowest BCUT2D eigenvalue weighted by atomic mass is 9.97. The number of rotatable bonds is 7. The van der Waals surface area contributed by atoms with Gasteiger partial charge in [0.25, 0.3) is 0 Å². The molecule has 1 aromatic rings. The molecule has 2 nitrogen and oxygen atoms in total. The maximum Gasteiger partial charge on any atom is 0.122 e. The molecule has 1 rings (SSSR count). The summed E-state index contributed by atoms with van der Waals surface area (Å²) < 4.78 is 5.43. The van der Waals surface area contributed by atoms with Crippen molar-refractivity contribution in [2.24, 2.45) is 5.92 Å². The zero-order valence-corrected chi connectivity index (χ0v) is 12.1. The summed E-state index contributed by atoms with van der Waals surface area (Å²) in [6, 6.07) is 6.10. The van der Waals surface area contributed by atoms with Gasteiger partial charge in [0, 0.05) is 0 Å². The first kappa shape index (κ1) is 15.0. The summed E-state index contributed by atoms with van der Waals surface area (Å²) in [5.41, 5.74) is 2.19. The number of benzene rings is 1. The standard InChI is InChI=1S/C16H26O2/c1-5-6-7-15(17)13-8-9-14(10-12(2)3)16(11-13)18-4/h8-9,11-12,15,17H,5-7,10H2,1-4H3. The normalized spacial score (nSPS) is 12.8. The second-order valence-electron chi connectivity index (χ2n) is 5.33. The Hall–Kier alpha value is -1.02. The van der Waals surface area contributed by atoms with Crippen molar-refractivity contribution in [3.05, 3.63) is 29.3 Å². The van der Waals surface area contributed by atoms with Crippen LogP contribution in [0.1, 0.15) is 57.3 Å². The second-order valence-corrected chi connectivity index (χ2v) is 5.33. The first-order valence-electron chi connectivity index (χ1n) is 6.93. The molecular weight excluding hydrogens is 224 g/mol. The van der Waals surface area contributed by atoms with Crippen LogP contribution in [0, 0.1) is 5.92 Å². The minimum atomic E-state index is -0.369. The molecule has 0 radical (unpaired) electrons. The minimum absolute atomic E-state index is 0.369. The van der Waals surface area contributed by atoms with Gasteiger partial charge in [-0.15, -0.1) is 0 Å². The molecule has 1 aromatic carbocycles. The zero-order chi connectivity index (χ0) is 13.5. The van der Waals surface area contributed by atoms with Gasteiger partial charge in [0.2, 0.25) is 0 Å². The molecule has 0 heterocycles. The first-order chi connectivity index (χ1) is 8.58. The van der Waals surface area contributed by atoms with E-state index in [4.69, 9.17) is 4.74 Å². The quantitative estimate of drug-likeness (QED) is 0.789. The van der Waals surface area contributed by atoms with Crippen LogP contribution in [0.2, 0.25) is 0 Å². The Labute approximate surface area is 111 Å². The van der Waals surface area contributed by atoms with E-state index in [1.165, 1.54) is 5.56 Å². The molecule has 0 aromatic heterocycles. The van der Waals surface area contributed by atoms with E-state index < -0.39 is 0 Å². The highest BCUT2D eigenvalue weighted by Gasteiger charge is 2.11. The third-order valence-corrected chi connectivity index (χ3v) is 3.16. The predicted molar refractivity (Wildman–Crippen MR) is 76.0 cm³/mol. The average Bonchev–Trinajstić information content (AvgIpc) is 2.35. The van der Waals surface area contributed by atoms with E-state index in [9.17, 15) is 5.11 Å². The van der Waals surface area contributed by atoms with Crippen LogP contribution in [-0.2, 0) is 6.42 Å². The van der Waals surface area contributed by atoms with Crippen LogP contribution < -0.4 is 4.74 Å². The molecule has 0 aliphatic heterocycles. The number of aliphatic hydroxyl groups excluding tert-OH is 1. The van der Waals surface area contributed by atoms with Gasteiger partial charge >= 0.3 is 0 Å². The first-order valence-corrected chi connectivity index (χ1v) is 6.93. The topological polar surface area (TPSA) is 29.5 Å². The van der Waals surface area contributed by atoms with Gasteiger partial charge in [-0.05, 0) is 36.0 Å². The maximum atomic E-state index is 10.1. The Kier molecular flexibility index (Phi) is 6.20. The third kappa shape index (κ3) is 4.34. The van der Waals surface area contributed by atoms with E-state index in [2.05, 4.69) is 26.8 Å². The zero-order valence-electron chi connectivity index (χ0n) is 12.1. The van der Waals surface area contributed by atoms with Crippen molar-refractivity contribution in [1.82, 2.24) is 0 Å². The fraction of sp³-hybridized carbons (Fsp3) is 0.625. The Morgan fingerprint density at radius 2 is 2.00 bits per heavy atom. The molecule has 18 heavy (non-hydrogen) atoms. The minimum Gasteiger partial charge on any atom is -0.496 e. The summed E-state index contributed by atoms with van der Waals surface area (Å²) in [6.45, 7) is 6.53. The van der Waals surface area contributed by atoms with Crippen LogP contribution in [0.3, 0.4) is 0 Å². The smallest absolute Gasteiger partial charge is 0.122 e. The van der Waals surface area contributed by atoms with E-state index >= 15 is 0 Å². The van der Waals surface area contributed by atoms with Gasteiger partial charge in [-0.2, -0.15) is 0 Å². The molecule has 1 atom stereocenters. The Balaban J connectivity index is 2.83. The molecule has 1 N–H and O–H groups in total. The number of hydrogen-bond donors (Lipinski definition) is 1. The van der Waals surface area contributed by atoms with Crippen LogP contribution in [-0.4, -0.2) is 12.2 Å². The molecule has 0 aliphatic rings. The van der Waals surface area contributed by atoms with Crippen molar-refractivity contribution < 1.29 is 9.84 Å². The highest BCUT2D eigenvalue weighted by Crippen LogP contribution is 2.28. The lowest BCUT2D eigenvalue weighted by Crippen LogP contribution is -2.02. The van der Waals surface area contributed by atoms with Crippen LogP contribution in [0.5, 0.6) is 5.75 Å². The number of methoxy groups -OCH3 is 1. The van der Waals surface area contributed by atoms with Gasteiger partial charge in [0.05, 0.1) is 13.2 Å². The number of aliphatic hydroxyl groups is 1. The Morgan fingerprint density at radius 3 is 2.56 bits per heavy atom. The van der Waals surface area contributed by atoms with Crippen molar-refractivity contribution in [3.8, 4) is 5.75 Å². The van der Waals surface area contributed by atoms with Gasteiger partial charge in [-0.3, -0.25) is 0 Å². The summed E-state index contributed by atoms with van der Waals surface area (Å²) in [5, 5.41) is 10.1. The van der Waals surface area contributed by atoms with Crippen LogP contribution >= 0.6 is 0 Å². The highest BCUT2D eigenvalue weighted by atomic mass is 16.5. The molecule has 0 spiro atoms. The summed E-state index contributed by atoms with van der Waals surface area (Å²) in [6.07, 6.45) is 3.63. The van der Waals surface area contributed by atoms with Crippen molar-refractivity contribution in [3.63, 3.8) is 0 Å². The maximum absolute atomic E-state index is 10.1. The molecule has 0 aliphatic carbocycles. The Morgan fingerprint density at radius 1 is 1.28 bits per heavy atom. The molecule has 1 unspecified atom stereocenters. The largest absolute Gasteiger partial charge is 0.496 e. The van der Waals surface area contributed by atoms with E-state index in [0.29, 0.717) is 5.92 Å². The van der Waals surface area contributed by atoms with Crippen molar-refractivity contribution in [1.29, 1.82) is 0 Å². The third-order valence-electron chi connectivity index (χ3n) is 3.16. The van der Waals surface area contributed by atoms with Crippen molar-refractivity contribution >= 4 is 0 Å². The van der Waals surface area contributed by atoms with Crippen LogP contribution in [0.25, 0.3) is 0 Å². The van der Waals surface area contributed by atoms with E-state index in [1.807, 2.05) is 12.1 Å². The van der Waals surface area contributed by atoms with E-state index in [1.54, 1.807) is 7.11 Å². The monoisotopic (exact) mass is 250 g/mol. The molecular formula is C16H26O2. The Bertz CT molecular complexity index is 358. The number of unbranched alkanes of at least 4 members (excludes halogenated alkanes) is 1. The summed E-state index contributed by atoms with van der Waals surface area (Å²) >= 11 is 0. The molecule has 0 saturated heterocycles. The lowest BCUT2D eigenvalue weighted by molar-refractivity contribution is 0.164. The van der Waals surface area contributed by atoms with Crippen LogP contribution in [0.4, 0.5) is 0 Å². The molecule has 0 bridgehead atoms. The fourth-order valence-electron chi connectivity index (χ4n) is 2.14. The molecule has 0 amide bonds. The van der Waals surface area contributed by atoms with Crippen molar-refractivity contribution in [2.75, 3.05) is 7.11 Å². The van der Waals surface area contributed by atoms with Gasteiger partial charge in [-0.1, -0.05) is 45.7 Å². The lowest BCUT2D eigenvalue weighted by Gasteiger charge is -2.15. The number of hydrogen-bond acceptors (Lipinski definition) is 2. The van der Waals surface area contributed by atoms with Gasteiger partial charge in [-0.25, -0.2) is 0 Å². The van der Waals surface area contributed by atoms with Gasteiger partial charge < -0.3 is 9.84 Å². The predicted octanol–water partition coefficient (Wildman–Crippen LogP) is 4.12. The average molecular weight is 250 g/mol. The SMILES string of the molecule is CCCCC(O)c1ccc(CC(C)C)c(OC)c1. The van der Waals surface area contributed by atoms with Gasteiger partial charge in [0.15, 0.2) is 0 Å². The van der Waals surface area contributed by atoms with Crippen molar-refractivity contribution in [2.45, 2.75) is 52.6 Å². The molecule has 2 heteroatoms. The second kappa shape index (κ2) is 7.42. The summed E-state index contributed by atoms with van der Waals surface area (Å²) in [7, 11) is 1.70. The molecule has 0 fully saturated rings. The van der Waals surface area contributed by atoms with E-state index in [-0.39, 0.29) is 6.10 Å². The summed E-state index contributed by atoms with van der Waals surface area (Å²) in [4.78, 5) is 0.